The molecule has 3 fully saturated rings. The fraction of sp³-hybridized carbons (Fsp3) is 0.609. The highest BCUT2D eigenvalue weighted by molar-refractivity contribution is 7.96. The first kappa shape index (κ1) is 41.6. The smallest absolute Gasteiger partial charge is 0.190 e. The quantitative estimate of drug-likeness (QED) is 0.152. The number of rotatable bonds is 14. The second-order valence-corrected chi connectivity index (χ2v) is 34.5. The van der Waals surface area contributed by atoms with Crippen molar-refractivity contribution in [3.05, 3.63) is 72.3 Å². The molecule has 53 heavy (non-hydrogen) atoms. The van der Waals surface area contributed by atoms with Gasteiger partial charge in [0.2, 0.25) is 0 Å². The van der Waals surface area contributed by atoms with Crippen LogP contribution in [0.2, 0.25) is 0 Å². The number of benzene rings is 3. The molecule has 3 saturated heterocycles. The molecule has 0 N–H and O–H groups in total. The molecule has 3 nitrogen and oxygen atoms in total. The van der Waals surface area contributed by atoms with E-state index in [-0.39, 0.29) is 0 Å². The van der Waals surface area contributed by atoms with Crippen molar-refractivity contribution in [3.8, 4) is 11.5 Å². The minimum absolute atomic E-state index is 0.775. The predicted molar refractivity (Wildman–Crippen MR) is 246 cm³/mol. The number of ether oxygens (including phenoxy) is 2. The second-order valence-electron chi connectivity index (χ2n) is 17.4. The van der Waals surface area contributed by atoms with Crippen LogP contribution in [0.5, 0.6) is 11.5 Å². The Kier molecular flexibility index (Phi) is 13.2. The molecule has 6 rings (SSSR count). The monoisotopic (exact) mass is 795 g/mol. The summed E-state index contributed by atoms with van der Waals surface area (Å²) in [5.41, 5.74) is 5.73. The van der Waals surface area contributed by atoms with E-state index in [4.69, 9.17) is 9.47 Å². The van der Waals surface area contributed by atoms with Crippen LogP contribution >= 0.6 is 29.4 Å². The lowest BCUT2D eigenvalue weighted by Crippen LogP contribution is -2.40. The van der Waals surface area contributed by atoms with E-state index in [0.29, 0.717) is 0 Å². The Labute approximate surface area is 327 Å². The number of methoxy groups -OCH3 is 2. The van der Waals surface area contributed by atoms with Crippen molar-refractivity contribution < 1.29 is 9.47 Å². The predicted octanol–water partition coefficient (Wildman–Crippen LogP) is 11.4. The highest BCUT2D eigenvalue weighted by Crippen LogP contribution is 2.81. The lowest BCUT2D eigenvalue weighted by atomic mass is 10.1. The lowest BCUT2D eigenvalue weighted by molar-refractivity contribution is 0.417. The van der Waals surface area contributed by atoms with Crippen LogP contribution in [0.1, 0.15) is 98.5 Å². The molecule has 0 amide bonds. The van der Waals surface area contributed by atoms with Gasteiger partial charge in [-0.2, -0.15) is 0 Å². The zero-order chi connectivity index (χ0) is 38.2. The maximum atomic E-state index is 6.21. The van der Waals surface area contributed by atoms with Crippen LogP contribution in [0, 0.1) is 0 Å². The molecule has 3 aliphatic rings. The van der Waals surface area contributed by atoms with Crippen molar-refractivity contribution in [1.82, 2.24) is 4.44 Å². The lowest BCUT2D eigenvalue weighted by Gasteiger charge is -2.41. The second kappa shape index (κ2) is 16.8. The average Bonchev–Trinajstić information content (AvgIpc) is 3.80. The van der Waals surface area contributed by atoms with Gasteiger partial charge in [0.1, 0.15) is 18.0 Å². The SMILES string of the molecule is CC[C@@H]1CCC[P+]1(C)N(CCCc1ccc([P+]2(CC)[C@@H](C)CC[C@@H]2C)c([P+]2(C)[C@@H](C)CC[C@@H]2C)c1)[P+](C)(c1ccccc1OC)c1ccccc1OC. The molecule has 0 aliphatic carbocycles. The third kappa shape index (κ3) is 7.01. The van der Waals surface area contributed by atoms with Crippen molar-refractivity contribution in [2.75, 3.05) is 53.1 Å². The van der Waals surface area contributed by atoms with Crippen LogP contribution in [-0.2, 0) is 6.42 Å². The molecule has 0 radical (unpaired) electrons. The van der Waals surface area contributed by atoms with Crippen molar-refractivity contribution >= 4 is 50.6 Å². The van der Waals surface area contributed by atoms with E-state index in [1.54, 1.807) is 5.56 Å². The van der Waals surface area contributed by atoms with Gasteiger partial charge >= 0.3 is 0 Å². The molecule has 3 heterocycles. The summed E-state index contributed by atoms with van der Waals surface area (Å²) >= 11 is 0. The third-order valence-corrected chi connectivity index (χ3v) is 37.7. The maximum absolute atomic E-state index is 6.21. The maximum Gasteiger partial charge on any atom is 0.190 e. The Bertz CT molecular complexity index is 1640. The zero-order valence-corrected chi connectivity index (χ0v) is 38.9. The minimum atomic E-state index is -2.14. The molecule has 3 aromatic rings. The molecule has 7 heteroatoms. The molecule has 290 valence electrons. The zero-order valence-electron chi connectivity index (χ0n) is 35.3. The minimum Gasteiger partial charge on any atom is -0.493 e. The van der Waals surface area contributed by atoms with Gasteiger partial charge in [-0.1, -0.05) is 41.7 Å². The molecular weight excluding hydrogens is 722 g/mol. The van der Waals surface area contributed by atoms with Crippen LogP contribution in [-0.4, -0.2) is 85.8 Å². The molecule has 0 bridgehead atoms. The Balaban J connectivity index is 1.44. The number of nitrogens with zero attached hydrogens (tertiary/aromatic N) is 1. The highest BCUT2D eigenvalue weighted by Gasteiger charge is 2.64. The van der Waals surface area contributed by atoms with Crippen LogP contribution < -0.4 is 30.7 Å². The van der Waals surface area contributed by atoms with Crippen molar-refractivity contribution in [3.63, 3.8) is 0 Å². The van der Waals surface area contributed by atoms with Gasteiger partial charge in [0.05, 0.1) is 95.9 Å². The van der Waals surface area contributed by atoms with Crippen LogP contribution in [0.3, 0.4) is 0 Å². The molecule has 3 aliphatic heterocycles. The summed E-state index contributed by atoms with van der Waals surface area (Å²) in [7, 11) is -2.47. The standard InChI is InChI=1S/C46H73NO2P4/c1-12-40-21-19-33-50(40,9)47(52(11,43-24-16-14-22-41(43)48-7)44-25-17-15-23-42(44)49-8)32-18-20-39-30-31-45(53(13-2)37(5)28-29-38(53)6)46(34-39)51(10)35(3)26-27-36(51)4/h14-17,22-25,30-31,34-38,40H,12-13,18-21,26-29,32-33H2,1-11H3/q+4/t35-,36-,37-,38-,40+,50?/m0/s1. The van der Waals surface area contributed by atoms with E-state index in [2.05, 4.69) is 133 Å². The van der Waals surface area contributed by atoms with Gasteiger partial charge in [-0.05, 0) is 134 Å². The van der Waals surface area contributed by atoms with E-state index >= 15 is 0 Å². The van der Waals surface area contributed by atoms with Crippen molar-refractivity contribution in [2.24, 2.45) is 0 Å². The summed E-state index contributed by atoms with van der Waals surface area (Å²) in [6.45, 7) is 24.6. The number of aryl methyl sites for hydroxylation is 1. The number of hydrogen-bond donors (Lipinski definition) is 0. The van der Waals surface area contributed by atoms with Gasteiger partial charge in [0.15, 0.2) is 29.5 Å². The van der Waals surface area contributed by atoms with E-state index in [1.165, 1.54) is 74.3 Å². The van der Waals surface area contributed by atoms with Crippen LogP contribution in [0.25, 0.3) is 0 Å². The summed E-state index contributed by atoms with van der Waals surface area (Å²) in [5.74, 6) is 2.03. The summed E-state index contributed by atoms with van der Waals surface area (Å²) in [6, 6.07) is 26.0. The van der Waals surface area contributed by atoms with Crippen molar-refractivity contribution in [2.45, 2.75) is 128 Å². The Morgan fingerprint density at radius 2 is 1.26 bits per heavy atom. The fourth-order valence-corrected chi connectivity index (χ4v) is 34.3. The third-order valence-electron chi connectivity index (χ3n) is 15.3. The number of hydrogen-bond acceptors (Lipinski definition) is 3. The summed E-state index contributed by atoms with van der Waals surface area (Å²) in [5, 5.41) is 6.44. The van der Waals surface area contributed by atoms with Gasteiger partial charge in [0, 0.05) is 0 Å². The number of para-hydroxylation sites is 2. The topological polar surface area (TPSA) is 21.7 Å². The normalized spacial score (nSPS) is 28.1. The highest BCUT2D eigenvalue weighted by atomic mass is 31.2. The molecule has 6 atom stereocenters. The fourth-order valence-electron chi connectivity index (χ4n) is 11.7. The van der Waals surface area contributed by atoms with Gasteiger partial charge in [-0.25, -0.2) is 0 Å². The van der Waals surface area contributed by atoms with E-state index < -0.39 is 29.4 Å². The van der Waals surface area contributed by atoms with Gasteiger partial charge < -0.3 is 9.47 Å². The first-order valence-electron chi connectivity index (χ1n) is 21.0. The van der Waals surface area contributed by atoms with Crippen LogP contribution in [0.15, 0.2) is 66.7 Å². The van der Waals surface area contributed by atoms with Crippen molar-refractivity contribution in [1.29, 1.82) is 0 Å². The molecule has 0 aromatic heterocycles. The molecular formula is C46H73NO2P4+4. The van der Waals surface area contributed by atoms with Gasteiger partial charge in [0.25, 0.3) is 0 Å². The molecule has 0 saturated carbocycles. The summed E-state index contributed by atoms with van der Waals surface area (Å²) < 4.78 is 15.6. The molecule has 1 unspecified atom stereocenters. The Morgan fingerprint density at radius 3 is 1.79 bits per heavy atom. The Morgan fingerprint density at radius 1 is 0.717 bits per heavy atom. The van der Waals surface area contributed by atoms with E-state index in [0.717, 1.165) is 52.8 Å². The van der Waals surface area contributed by atoms with E-state index in [1.807, 2.05) is 24.8 Å². The molecule has 0 spiro atoms. The first-order valence-corrected chi connectivity index (χ1v) is 30.1. The van der Waals surface area contributed by atoms with Gasteiger partial charge in [-0.3, -0.25) is 0 Å². The molecule has 3 aromatic carbocycles. The summed E-state index contributed by atoms with van der Waals surface area (Å²) in [6.07, 6.45) is 14.6. The van der Waals surface area contributed by atoms with Gasteiger partial charge in [-0.15, -0.1) is 0 Å². The summed E-state index contributed by atoms with van der Waals surface area (Å²) in [4.78, 5) is 0. The Hall–Kier alpha value is -1.06. The largest absolute Gasteiger partial charge is 0.493 e. The average molecular weight is 796 g/mol. The first-order chi connectivity index (χ1) is 25.4. The van der Waals surface area contributed by atoms with E-state index in [9.17, 15) is 0 Å². The van der Waals surface area contributed by atoms with Crippen LogP contribution in [0.4, 0.5) is 0 Å².